The van der Waals surface area contributed by atoms with E-state index in [2.05, 4.69) is 9.89 Å². The number of alkyl halides is 3. The highest BCUT2D eigenvalue weighted by atomic mass is 19.4. The van der Waals surface area contributed by atoms with Crippen molar-refractivity contribution in [1.29, 1.82) is 0 Å². The van der Waals surface area contributed by atoms with Gasteiger partial charge in [0.1, 0.15) is 0 Å². The predicted octanol–water partition coefficient (Wildman–Crippen LogP) is 3.24. The molecule has 108 valence electrons. The Morgan fingerprint density at radius 2 is 2.20 bits per heavy atom. The molecule has 0 fully saturated rings. The summed E-state index contributed by atoms with van der Waals surface area (Å²) in [5.74, 6) is -1.52. The Bertz CT molecular complexity index is 570. The van der Waals surface area contributed by atoms with Gasteiger partial charge in [-0.2, -0.15) is 13.2 Å². The second-order valence-electron chi connectivity index (χ2n) is 4.39. The number of hydrogen-bond donors (Lipinski definition) is 1. The quantitative estimate of drug-likeness (QED) is 0.849. The van der Waals surface area contributed by atoms with Gasteiger partial charge in [-0.15, -0.1) is 0 Å². The minimum absolute atomic E-state index is 0.0688. The van der Waals surface area contributed by atoms with Crippen LogP contribution in [0.15, 0.2) is 29.4 Å². The summed E-state index contributed by atoms with van der Waals surface area (Å²) in [6, 6.07) is 4.54. The van der Waals surface area contributed by atoms with Gasteiger partial charge < -0.3 is 14.7 Å². The summed E-state index contributed by atoms with van der Waals surface area (Å²) in [6.07, 6.45) is -6.08. The molecule has 0 amide bonds. The molecule has 1 aliphatic heterocycles. The van der Waals surface area contributed by atoms with Crippen molar-refractivity contribution in [2.75, 3.05) is 0 Å². The van der Waals surface area contributed by atoms with Crippen molar-refractivity contribution in [3.63, 3.8) is 0 Å². The van der Waals surface area contributed by atoms with Gasteiger partial charge in [0, 0.05) is 12.5 Å². The van der Waals surface area contributed by atoms with Crippen LogP contribution in [0.3, 0.4) is 0 Å². The van der Waals surface area contributed by atoms with Crippen molar-refractivity contribution in [2.45, 2.75) is 25.3 Å². The number of halogens is 3. The molecule has 0 saturated heterocycles. The molecular formula is C12H10F3NO4. The van der Waals surface area contributed by atoms with E-state index < -0.39 is 23.7 Å². The van der Waals surface area contributed by atoms with Crippen LogP contribution >= 0.6 is 0 Å². The first-order chi connectivity index (χ1) is 9.20. The summed E-state index contributed by atoms with van der Waals surface area (Å²) in [7, 11) is 0. The first kappa shape index (κ1) is 14.2. The van der Waals surface area contributed by atoms with Crippen molar-refractivity contribution in [3.05, 3.63) is 35.4 Å². The molecule has 1 heterocycles. The van der Waals surface area contributed by atoms with Crippen LogP contribution in [0.1, 0.15) is 24.5 Å². The van der Waals surface area contributed by atoms with Crippen LogP contribution in [-0.2, 0) is 15.8 Å². The smallest absolute Gasteiger partial charge is 0.450 e. The molecule has 0 spiro atoms. The lowest BCUT2D eigenvalue weighted by atomic mass is 10.0. The summed E-state index contributed by atoms with van der Waals surface area (Å²) < 4.78 is 42.3. The van der Waals surface area contributed by atoms with Gasteiger partial charge in [-0.1, -0.05) is 17.3 Å². The van der Waals surface area contributed by atoms with Gasteiger partial charge in [-0.05, 0) is 12.1 Å². The van der Waals surface area contributed by atoms with Crippen LogP contribution in [-0.4, -0.2) is 22.8 Å². The first-order valence-electron chi connectivity index (χ1n) is 5.54. The molecule has 0 radical (unpaired) electrons. The second-order valence-corrected chi connectivity index (χ2v) is 4.39. The zero-order valence-corrected chi connectivity index (χ0v) is 10.3. The third-order valence-electron chi connectivity index (χ3n) is 2.66. The molecule has 1 N–H and O–H groups in total. The number of oxime groups is 1. The molecule has 20 heavy (non-hydrogen) atoms. The van der Waals surface area contributed by atoms with Crippen LogP contribution in [0, 0.1) is 0 Å². The van der Waals surface area contributed by atoms with Gasteiger partial charge in [0.05, 0.1) is 17.7 Å². The minimum atomic E-state index is -4.46. The molecule has 0 saturated carbocycles. The number of rotatable bonds is 2. The lowest BCUT2D eigenvalue weighted by Crippen LogP contribution is -2.31. The van der Waals surface area contributed by atoms with Gasteiger partial charge in [0.25, 0.3) is 5.79 Å². The Morgan fingerprint density at radius 3 is 2.80 bits per heavy atom. The third-order valence-corrected chi connectivity index (χ3v) is 2.66. The summed E-state index contributed by atoms with van der Waals surface area (Å²) in [5, 5.41) is 12.1. The predicted molar refractivity (Wildman–Crippen MR) is 61.2 cm³/mol. The maximum Gasteiger partial charge on any atom is 0.509 e. The monoisotopic (exact) mass is 289 g/mol. The maximum absolute atomic E-state index is 12.6. The lowest BCUT2D eigenvalue weighted by Gasteiger charge is -2.19. The Balaban J connectivity index is 2.20. The second kappa shape index (κ2) is 4.69. The van der Waals surface area contributed by atoms with Gasteiger partial charge in [0.15, 0.2) is 0 Å². The highest BCUT2D eigenvalue weighted by molar-refractivity contribution is 6.01. The van der Waals surface area contributed by atoms with Crippen molar-refractivity contribution >= 4 is 11.9 Å². The lowest BCUT2D eigenvalue weighted by molar-refractivity contribution is -0.180. The van der Waals surface area contributed by atoms with E-state index in [-0.39, 0.29) is 17.7 Å². The molecule has 1 atom stereocenters. The largest absolute Gasteiger partial charge is 0.509 e. The van der Waals surface area contributed by atoms with Crippen LogP contribution in [0.5, 0.6) is 0 Å². The van der Waals surface area contributed by atoms with E-state index in [0.717, 1.165) is 12.1 Å². The number of carbonyl (C=O) groups is 1. The Kier molecular flexibility index (Phi) is 3.33. The number of benzene rings is 1. The zero-order chi connectivity index (χ0) is 15.0. The highest BCUT2D eigenvalue weighted by Gasteiger charge is 2.39. The maximum atomic E-state index is 12.6. The Labute approximate surface area is 111 Å². The van der Waals surface area contributed by atoms with E-state index in [1.54, 1.807) is 0 Å². The van der Waals surface area contributed by atoms with Gasteiger partial charge in [-0.25, -0.2) is 4.79 Å². The van der Waals surface area contributed by atoms with Crippen molar-refractivity contribution < 1.29 is 32.6 Å². The van der Waals surface area contributed by atoms with E-state index in [1.807, 2.05) is 0 Å². The van der Waals surface area contributed by atoms with Crippen molar-refractivity contribution in [2.24, 2.45) is 5.16 Å². The summed E-state index contributed by atoms with van der Waals surface area (Å²) in [5.41, 5.74) is -0.414. The van der Waals surface area contributed by atoms with Crippen molar-refractivity contribution in [3.8, 4) is 0 Å². The average molecular weight is 289 g/mol. The number of hydrogen-bond acceptors (Lipinski definition) is 4. The molecule has 0 aliphatic carbocycles. The van der Waals surface area contributed by atoms with E-state index in [9.17, 15) is 18.0 Å². The molecule has 8 heteroatoms. The molecule has 0 aromatic heterocycles. The molecule has 0 bridgehead atoms. The van der Waals surface area contributed by atoms with E-state index >= 15 is 0 Å². The Morgan fingerprint density at radius 1 is 1.50 bits per heavy atom. The normalized spacial score (nSPS) is 22.1. The topological polar surface area (TPSA) is 68.1 Å². The van der Waals surface area contributed by atoms with E-state index in [1.165, 1.54) is 19.1 Å². The van der Waals surface area contributed by atoms with Crippen LogP contribution in [0.25, 0.3) is 0 Å². The van der Waals surface area contributed by atoms with Gasteiger partial charge in [0.2, 0.25) is 0 Å². The Hall–Kier alpha value is -2.25. The third kappa shape index (κ3) is 3.01. The fraction of sp³-hybridized carbons (Fsp3) is 0.333. The van der Waals surface area contributed by atoms with Gasteiger partial charge in [-0.3, -0.25) is 0 Å². The summed E-state index contributed by atoms with van der Waals surface area (Å²) >= 11 is 0. The standard InChI is InChI=1S/C12H10F3NO4/c1-11(19-10(17)18)6-9(16-20-11)7-3-2-4-8(5-7)12(13,14)15/h2-5H,6H2,1H3,(H,17,18). The fourth-order valence-corrected chi connectivity index (χ4v) is 1.79. The van der Waals surface area contributed by atoms with Crippen molar-refractivity contribution in [1.82, 2.24) is 0 Å². The van der Waals surface area contributed by atoms with E-state index in [0.29, 0.717) is 0 Å². The van der Waals surface area contributed by atoms with Gasteiger partial charge >= 0.3 is 12.3 Å². The molecule has 2 rings (SSSR count). The van der Waals surface area contributed by atoms with E-state index in [4.69, 9.17) is 9.94 Å². The fourth-order valence-electron chi connectivity index (χ4n) is 1.79. The summed E-state index contributed by atoms with van der Waals surface area (Å²) in [6.45, 7) is 1.34. The number of nitrogens with zero attached hydrogens (tertiary/aromatic N) is 1. The molecule has 1 aromatic rings. The molecule has 1 aromatic carbocycles. The zero-order valence-electron chi connectivity index (χ0n) is 10.3. The number of ether oxygens (including phenoxy) is 1. The average Bonchev–Trinajstić information content (AvgIpc) is 2.69. The highest BCUT2D eigenvalue weighted by Crippen LogP contribution is 2.32. The first-order valence-corrected chi connectivity index (χ1v) is 5.54. The van der Waals surface area contributed by atoms with Crippen LogP contribution < -0.4 is 0 Å². The molecule has 1 aliphatic rings. The molecule has 1 unspecified atom stereocenters. The number of carboxylic acid groups (broad SMARTS) is 1. The molecule has 5 nitrogen and oxygen atoms in total. The van der Waals surface area contributed by atoms with Crippen LogP contribution in [0.4, 0.5) is 18.0 Å². The van der Waals surface area contributed by atoms with Crippen LogP contribution in [0.2, 0.25) is 0 Å². The SMILES string of the molecule is CC1(OC(=O)O)CC(c2cccc(C(F)(F)F)c2)=NO1. The molecular weight excluding hydrogens is 279 g/mol. The minimum Gasteiger partial charge on any atom is -0.450 e. The summed E-state index contributed by atoms with van der Waals surface area (Å²) in [4.78, 5) is 15.3.